The SMILES string of the molecule is CCCCCCC[N+](C)(C)C(c1cccc(C(F)(F)F)c1)(c1cccc(C(F)(F)F)c1)c1cccc(C(F)(F)F)c1.CCCCCCC[N+](C)(C)C(c1cccc(C(F)(F)F)c1)(c1cccc(C(F)(F)F)c1)c1cccc(C(F)(F)F)c1.CCCCCCC[N+](C)(C)C(c1cccc(C(F)(F)F)c1)(c1cccc(C(F)(F)F)c1)c1cccc(C(F)(F)F)c1.[O-]B([O-])[O-]. The Labute approximate surface area is 721 Å². The fourth-order valence-corrected chi connectivity index (χ4v) is 16.8. The number of nitrogens with zero attached hydrogens (tertiary/aromatic N) is 3. The van der Waals surface area contributed by atoms with Crippen LogP contribution in [0.3, 0.4) is 0 Å². The second-order valence-corrected chi connectivity index (χ2v) is 32.6. The Balaban J connectivity index is 0.000000287. The molecule has 0 unspecified atom stereocenters. The Bertz CT molecular complexity index is 4060. The standard InChI is InChI=1S/3C31H33F9N.BO3/c3*1-4-5-6-7-8-18-41(2,3)28(22-12-9-15-25(19-22)29(32,33)34,23-13-10-16-26(20-23)30(35,36)37)24-14-11-17-27(21-24)31(38,39)40;2-1(3)4/h3*9-17,19-21H,4-8,18H2,1-3H3;/q3*+1;-3. The Morgan fingerprint density at radius 2 is 0.291 bits per heavy atom. The van der Waals surface area contributed by atoms with Gasteiger partial charge in [-0.3, -0.25) is 7.32 Å². The topological polar surface area (TPSA) is 69.2 Å². The first-order valence-corrected chi connectivity index (χ1v) is 40.6. The zero-order valence-electron chi connectivity index (χ0n) is 70.9. The summed E-state index contributed by atoms with van der Waals surface area (Å²) in [5.74, 6) is 0. The van der Waals surface area contributed by atoms with Gasteiger partial charge in [0.25, 0.3) is 0 Å². The Morgan fingerprint density at radius 3 is 0.394 bits per heavy atom. The Hall–Kier alpha value is -9.09. The lowest BCUT2D eigenvalue weighted by Gasteiger charge is -2.50. The van der Waals surface area contributed by atoms with Crippen LogP contribution >= 0.6 is 0 Å². The van der Waals surface area contributed by atoms with Crippen molar-refractivity contribution in [3.63, 3.8) is 0 Å². The van der Waals surface area contributed by atoms with E-state index in [2.05, 4.69) is 0 Å². The molecule has 0 fully saturated rings. The minimum absolute atomic E-state index is 0.0652. The molecule has 9 aromatic rings. The highest BCUT2D eigenvalue weighted by atomic mass is 19.4. The van der Waals surface area contributed by atoms with Gasteiger partial charge in [0, 0.05) is 50.1 Å². The van der Waals surface area contributed by atoms with Crippen molar-refractivity contribution in [3.8, 4) is 0 Å². The van der Waals surface area contributed by atoms with Gasteiger partial charge in [0.05, 0.1) is 112 Å². The predicted molar refractivity (Wildman–Crippen MR) is 426 cm³/mol. The van der Waals surface area contributed by atoms with Crippen LogP contribution in [0.1, 0.15) is 217 Å². The summed E-state index contributed by atoms with van der Waals surface area (Å²) in [4.78, 5) is 0. The Morgan fingerprint density at radius 1 is 0.189 bits per heavy atom. The van der Waals surface area contributed by atoms with Gasteiger partial charge in [-0.15, -0.1) is 0 Å². The molecule has 0 saturated carbocycles. The van der Waals surface area contributed by atoms with Crippen LogP contribution in [0.5, 0.6) is 0 Å². The van der Waals surface area contributed by atoms with E-state index in [0.717, 1.165) is 241 Å². The highest BCUT2D eigenvalue weighted by molar-refractivity contribution is 6.24. The molecule has 0 aliphatic rings. The first-order valence-electron chi connectivity index (χ1n) is 40.6. The molecule has 0 saturated heterocycles. The third kappa shape index (κ3) is 26.8. The molecule has 9 rings (SSSR count). The fourth-order valence-electron chi connectivity index (χ4n) is 16.8. The first kappa shape index (κ1) is 107. The largest absolute Gasteiger partial charge is 0.907 e. The maximum absolute atomic E-state index is 13.9. The summed E-state index contributed by atoms with van der Waals surface area (Å²) < 4.78 is 375. The summed E-state index contributed by atoms with van der Waals surface area (Å²) in [6.07, 6.45) is -30.8. The van der Waals surface area contributed by atoms with Crippen LogP contribution < -0.4 is 15.1 Å². The third-order valence-corrected chi connectivity index (χ3v) is 22.7. The van der Waals surface area contributed by atoms with Crippen molar-refractivity contribution in [3.05, 3.63) is 319 Å². The fraction of sp³-hybridized carbons (Fsp3) is 0.419. The quantitative estimate of drug-likeness (QED) is 0.0148. The van der Waals surface area contributed by atoms with E-state index >= 15 is 0 Å². The molecular weight excluding hydrogens is 1730 g/mol. The van der Waals surface area contributed by atoms with Crippen molar-refractivity contribution in [2.24, 2.45) is 0 Å². The van der Waals surface area contributed by atoms with E-state index in [1.165, 1.54) is 54.6 Å². The molecule has 0 radical (unpaired) electrons. The van der Waals surface area contributed by atoms with E-state index in [1.54, 1.807) is 42.3 Å². The summed E-state index contributed by atoms with van der Waals surface area (Å²) in [6, 6.07) is 37.2. The van der Waals surface area contributed by atoms with E-state index in [-0.39, 0.29) is 83.2 Å². The molecule has 0 amide bonds. The van der Waals surface area contributed by atoms with E-state index in [1.807, 2.05) is 20.8 Å². The van der Waals surface area contributed by atoms with Gasteiger partial charge in [0.15, 0.2) is 16.6 Å². The minimum atomic E-state index is -4.79. The maximum Gasteiger partial charge on any atom is 0.416 e. The summed E-state index contributed by atoms with van der Waals surface area (Å²) in [7, 11) is 6.92. The summed E-state index contributed by atoms with van der Waals surface area (Å²) >= 11 is 0. The number of halogens is 27. The third-order valence-electron chi connectivity index (χ3n) is 22.7. The molecule has 696 valence electrons. The van der Waals surface area contributed by atoms with Crippen LogP contribution in [-0.2, 0) is 72.2 Å². The molecule has 0 spiro atoms. The molecule has 0 aliphatic carbocycles. The molecule has 0 atom stereocenters. The van der Waals surface area contributed by atoms with Crippen LogP contribution in [0.25, 0.3) is 0 Å². The second-order valence-electron chi connectivity index (χ2n) is 32.6. The molecule has 6 nitrogen and oxygen atoms in total. The zero-order valence-corrected chi connectivity index (χ0v) is 70.9. The van der Waals surface area contributed by atoms with Gasteiger partial charge >= 0.3 is 55.6 Å². The van der Waals surface area contributed by atoms with Gasteiger partial charge in [0.2, 0.25) is 0 Å². The minimum Gasteiger partial charge on any atom is -0.907 e. The van der Waals surface area contributed by atoms with Crippen molar-refractivity contribution < 1.29 is 147 Å². The molecule has 0 aromatic heterocycles. The zero-order chi connectivity index (χ0) is 95.7. The van der Waals surface area contributed by atoms with Crippen LogP contribution in [0, 0.1) is 0 Å². The molecule has 34 heteroatoms. The van der Waals surface area contributed by atoms with E-state index in [4.69, 9.17) is 15.1 Å². The van der Waals surface area contributed by atoms with Gasteiger partial charge in [-0.1, -0.05) is 188 Å². The van der Waals surface area contributed by atoms with E-state index in [0.29, 0.717) is 19.3 Å². The number of alkyl halides is 27. The number of benzene rings is 9. The number of hydrogen-bond acceptors (Lipinski definition) is 3. The van der Waals surface area contributed by atoms with Gasteiger partial charge in [-0.2, -0.15) is 119 Å². The number of rotatable bonds is 30. The van der Waals surface area contributed by atoms with Crippen molar-refractivity contribution in [1.29, 1.82) is 0 Å². The van der Waals surface area contributed by atoms with Gasteiger partial charge in [-0.05, 0) is 148 Å². The van der Waals surface area contributed by atoms with Crippen LogP contribution in [0.4, 0.5) is 119 Å². The molecule has 0 N–H and O–H groups in total. The normalized spacial score (nSPS) is 13.3. The van der Waals surface area contributed by atoms with Crippen LogP contribution in [-0.4, -0.2) is 82.7 Å². The van der Waals surface area contributed by atoms with Gasteiger partial charge in [0.1, 0.15) is 0 Å². The van der Waals surface area contributed by atoms with Gasteiger partial charge < -0.3 is 28.5 Å². The predicted octanol–water partition coefficient (Wildman–Crippen LogP) is 26.3. The van der Waals surface area contributed by atoms with Crippen molar-refractivity contribution in [1.82, 2.24) is 0 Å². The first-order chi connectivity index (χ1) is 58.6. The van der Waals surface area contributed by atoms with Crippen molar-refractivity contribution in [2.45, 2.75) is 189 Å². The number of unbranched alkanes of at least 4 members (excludes halogenated alkanes) is 12. The monoisotopic (exact) mass is 1830 g/mol. The average molecular weight is 1830 g/mol. The highest BCUT2D eigenvalue weighted by Crippen LogP contribution is 2.54. The number of quaternary nitrogens is 3. The Kier molecular flexibility index (Phi) is 35.8. The van der Waals surface area contributed by atoms with E-state index in [9.17, 15) is 119 Å². The number of hydrogen-bond donors (Lipinski definition) is 0. The molecule has 0 heterocycles. The molecule has 9 aromatic carbocycles. The second kappa shape index (κ2) is 42.7. The molecular formula is C93H99BF27N3O3. The summed E-state index contributed by atoms with van der Waals surface area (Å²) in [5, 5.41) is 25.2. The summed E-state index contributed by atoms with van der Waals surface area (Å²) in [6.45, 7) is 6.89. The molecule has 0 bridgehead atoms. The molecule has 127 heavy (non-hydrogen) atoms. The lowest BCUT2D eigenvalue weighted by molar-refractivity contribution is -0.936. The van der Waals surface area contributed by atoms with Crippen molar-refractivity contribution in [2.75, 3.05) is 61.9 Å². The smallest absolute Gasteiger partial charge is 0.416 e. The van der Waals surface area contributed by atoms with Crippen molar-refractivity contribution >= 4 is 7.32 Å². The average Bonchev–Trinajstić information content (AvgIpc) is 0.723. The summed E-state index contributed by atoms with van der Waals surface area (Å²) in [5.41, 5.74) is -15.7. The highest BCUT2D eigenvalue weighted by Gasteiger charge is 2.57. The van der Waals surface area contributed by atoms with Crippen LogP contribution in [0.2, 0.25) is 0 Å². The maximum atomic E-state index is 13.9. The molecule has 0 aliphatic heterocycles. The van der Waals surface area contributed by atoms with Crippen LogP contribution in [0.15, 0.2) is 218 Å². The van der Waals surface area contributed by atoms with Gasteiger partial charge in [-0.25, -0.2) is 0 Å². The van der Waals surface area contributed by atoms with E-state index < -0.39 is 130 Å². The lowest BCUT2D eigenvalue weighted by Crippen LogP contribution is -2.59. The lowest BCUT2D eigenvalue weighted by atomic mass is 9.73.